The highest BCUT2D eigenvalue weighted by Crippen LogP contribution is 2.22. The number of piperidine rings is 1. The van der Waals surface area contributed by atoms with Gasteiger partial charge in [0.25, 0.3) is 5.91 Å². The molecule has 1 amide bonds. The Balaban J connectivity index is 1.61. The van der Waals surface area contributed by atoms with Crippen molar-refractivity contribution >= 4 is 15.7 Å². The zero-order valence-electron chi connectivity index (χ0n) is 13.5. The molecule has 0 spiro atoms. The predicted molar refractivity (Wildman–Crippen MR) is 94.4 cm³/mol. The summed E-state index contributed by atoms with van der Waals surface area (Å²) in [5.41, 5.74) is 1.48. The highest BCUT2D eigenvalue weighted by atomic mass is 32.2. The summed E-state index contributed by atoms with van der Waals surface area (Å²) in [5.74, 6) is 0.0556. The Kier molecular flexibility index (Phi) is 5.00. The van der Waals surface area contributed by atoms with Crippen LogP contribution in [0, 0.1) is 0 Å². The lowest BCUT2D eigenvalue weighted by Gasteiger charge is -2.31. The minimum absolute atomic E-state index is 0.0190. The molecule has 4 nitrogen and oxygen atoms in total. The number of carbonyl (C=O) groups is 1. The van der Waals surface area contributed by atoms with Crippen LogP contribution in [0.1, 0.15) is 28.8 Å². The van der Waals surface area contributed by atoms with Gasteiger partial charge in [-0.1, -0.05) is 48.5 Å². The van der Waals surface area contributed by atoms with Crippen molar-refractivity contribution in [2.45, 2.75) is 23.8 Å². The van der Waals surface area contributed by atoms with Crippen molar-refractivity contribution < 1.29 is 13.2 Å². The molecule has 126 valence electrons. The number of hydrogen-bond donors (Lipinski definition) is 0. The first-order chi connectivity index (χ1) is 11.6. The van der Waals surface area contributed by atoms with E-state index in [9.17, 15) is 13.2 Å². The number of nitrogens with zero attached hydrogens (tertiary/aromatic N) is 1. The maximum absolute atomic E-state index is 12.6. The van der Waals surface area contributed by atoms with E-state index < -0.39 is 9.84 Å². The van der Waals surface area contributed by atoms with Crippen molar-refractivity contribution in [1.82, 2.24) is 4.90 Å². The van der Waals surface area contributed by atoms with Gasteiger partial charge < -0.3 is 4.90 Å². The Hall–Kier alpha value is -2.14. The van der Waals surface area contributed by atoms with E-state index >= 15 is 0 Å². The normalized spacial score (nSPS) is 16.1. The molecule has 0 radical (unpaired) electrons. The lowest BCUT2D eigenvalue weighted by atomic mass is 10.1. The molecular weight excluding hydrogens is 322 g/mol. The van der Waals surface area contributed by atoms with Crippen LogP contribution in [0.3, 0.4) is 0 Å². The number of sulfone groups is 1. The number of rotatable bonds is 4. The van der Waals surface area contributed by atoms with Crippen LogP contribution in [0.2, 0.25) is 0 Å². The molecule has 0 aliphatic carbocycles. The van der Waals surface area contributed by atoms with Crippen LogP contribution in [-0.4, -0.2) is 37.6 Å². The van der Waals surface area contributed by atoms with Crippen molar-refractivity contribution in [3.8, 4) is 0 Å². The molecule has 1 fully saturated rings. The first kappa shape index (κ1) is 16.7. The average Bonchev–Trinajstić information content (AvgIpc) is 2.62. The maximum Gasteiger partial charge on any atom is 0.253 e. The molecule has 1 aliphatic rings. The molecule has 2 aromatic carbocycles. The number of amides is 1. The minimum atomic E-state index is -3.19. The number of likely N-dealkylation sites (tertiary alicyclic amines) is 1. The van der Waals surface area contributed by atoms with E-state index in [4.69, 9.17) is 0 Å². The van der Waals surface area contributed by atoms with E-state index in [1.54, 1.807) is 17.0 Å². The van der Waals surface area contributed by atoms with Gasteiger partial charge in [0.1, 0.15) is 0 Å². The van der Waals surface area contributed by atoms with E-state index in [1.807, 2.05) is 48.5 Å². The zero-order chi connectivity index (χ0) is 17.0. The van der Waals surface area contributed by atoms with Gasteiger partial charge in [-0.25, -0.2) is 8.42 Å². The SMILES string of the molecule is O=C(c1ccccc1)N1CCC(S(=O)(=O)Cc2ccccc2)CC1. The fraction of sp³-hybridized carbons (Fsp3) is 0.316. The van der Waals surface area contributed by atoms with E-state index in [2.05, 4.69) is 0 Å². The predicted octanol–water partition coefficient (Wildman–Crippen LogP) is 2.91. The highest BCUT2D eigenvalue weighted by Gasteiger charge is 2.31. The molecule has 2 aromatic rings. The number of benzene rings is 2. The van der Waals surface area contributed by atoms with Crippen molar-refractivity contribution in [2.75, 3.05) is 13.1 Å². The molecule has 1 aliphatic heterocycles. The summed E-state index contributed by atoms with van der Waals surface area (Å²) in [5, 5.41) is -0.363. The van der Waals surface area contributed by atoms with E-state index in [0.717, 1.165) is 5.56 Å². The van der Waals surface area contributed by atoms with Crippen LogP contribution in [0.4, 0.5) is 0 Å². The van der Waals surface area contributed by atoms with Gasteiger partial charge in [0.2, 0.25) is 0 Å². The van der Waals surface area contributed by atoms with Crippen LogP contribution in [0.15, 0.2) is 60.7 Å². The lowest BCUT2D eigenvalue weighted by molar-refractivity contribution is 0.0725. The molecule has 0 aromatic heterocycles. The molecule has 0 atom stereocenters. The zero-order valence-corrected chi connectivity index (χ0v) is 14.3. The smallest absolute Gasteiger partial charge is 0.253 e. The monoisotopic (exact) mass is 343 g/mol. The third kappa shape index (κ3) is 3.85. The third-order valence-electron chi connectivity index (χ3n) is 4.47. The molecule has 0 saturated carbocycles. The Labute approximate surface area is 143 Å². The Morgan fingerprint density at radius 2 is 1.46 bits per heavy atom. The van der Waals surface area contributed by atoms with Crippen molar-refractivity contribution in [3.63, 3.8) is 0 Å². The summed E-state index contributed by atoms with van der Waals surface area (Å²) in [4.78, 5) is 14.2. The molecule has 0 bridgehead atoms. The fourth-order valence-corrected chi connectivity index (χ4v) is 4.93. The molecule has 5 heteroatoms. The lowest BCUT2D eigenvalue weighted by Crippen LogP contribution is -2.42. The standard InChI is InChI=1S/C19H21NO3S/c21-19(17-9-5-2-6-10-17)20-13-11-18(12-14-20)24(22,23)15-16-7-3-1-4-8-16/h1-10,18H,11-15H2. The molecule has 0 unspecified atom stereocenters. The van der Waals surface area contributed by atoms with Gasteiger partial charge in [-0.2, -0.15) is 0 Å². The van der Waals surface area contributed by atoms with Gasteiger partial charge in [0, 0.05) is 18.7 Å². The maximum atomic E-state index is 12.6. The molecule has 0 N–H and O–H groups in total. The largest absolute Gasteiger partial charge is 0.339 e. The van der Waals surface area contributed by atoms with Gasteiger partial charge in [-0.15, -0.1) is 0 Å². The molecule has 1 heterocycles. The second-order valence-electron chi connectivity index (χ2n) is 6.15. The summed E-state index contributed by atoms with van der Waals surface area (Å²) >= 11 is 0. The quantitative estimate of drug-likeness (QED) is 0.858. The van der Waals surface area contributed by atoms with Gasteiger partial charge >= 0.3 is 0 Å². The average molecular weight is 343 g/mol. The van der Waals surface area contributed by atoms with Gasteiger partial charge in [0.05, 0.1) is 11.0 Å². The van der Waals surface area contributed by atoms with E-state index in [-0.39, 0.29) is 16.9 Å². The number of carbonyl (C=O) groups excluding carboxylic acids is 1. The van der Waals surface area contributed by atoms with Crippen molar-refractivity contribution in [2.24, 2.45) is 0 Å². The van der Waals surface area contributed by atoms with Gasteiger partial charge in [-0.05, 0) is 30.5 Å². The first-order valence-electron chi connectivity index (χ1n) is 8.16. The summed E-state index contributed by atoms with van der Waals surface area (Å²) < 4.78 is 25.2. The Morgan fingerprint density at radius 3 is 2.04 bits per heavy atom. The first-order valence-corrected chi connectivity index (χ1v) is 9.87. The van der Waals surface area contributed by atoms with E-state index in [1.165, 1.54) is 0 Å². The van der Waals surface area contributed by atoms with Crippen LogP contribution < -0.4 is 0 Å². The van der Waals surface area contributed by atoms with Crippen LogP contribution in [-0.2, 0) is 15.6 Å². The second-order valence-corrected chi connectivity index (χ2v) is 8.43. The van der Waals surface area contributed by atoms with E-state index in [0.29, 0.717) is 31.5 Å². The summed E-state index contributed by atoms with van der Waals surface area (Å²) in [6, 6.07) is 18.4. The minimum Gasteiger partial charge on any atom is -0.339 e. The molecule has 3 rings (SSSR count). The third-order valence-corrected chi connectivity index (χ3v) is 6.69. The fourth-order valence-electron chi connectivity index (χ4n) is 3.11. The highest BCUT2D eigenvalue weighted by molar-refractivity contribution is 7.91. The van der Waals surface area contributed by atoms with Gasteiger partial charge in [-0.3, -0.25) is 4.79 Å². The van der Waals surface area contributed by atoms with Crippen molar-refractivity contribution in [3.05, 3.63) is 71.8 Å². The summed E-state index contributed by atoms with van der Waals surface area (Å²) in [7, 11) is -3.19. The Bertz CT molecular complexity index is 780. The summed E-state index contributed by atoms with van der Waals surface area (Å²) in [6.07, 6.45) is 1.02. The van der Waals surface area contributed by atoms with Gasteiger partial charge in [0.15, 0.2) is 9.84 Å². The Morgan fingerprint density at radius 1 is 0.917 bits per heavy atom. The van der Waals surface area contributed by atoms with Crippen LogP contribution >= 0.6 is 0 Å². The van der Waals surface area contributed by atoms with Crippen LogP contribution in [0.5, 0.6) is 0 Å². The second kappa shape index (κ2) is 7.18. The molecule has 24 heavy (non-hydrogen) atoms. The van der Waals surface area contributed by atoms with Crippen molar-refractivity contribution in [1.29, 1.82) is 0 Å². The molecule has 1 saturated heterocycles. The summed E-state index contributed by atoms with van der Waals surface area (Å²) in [6.45, 7) is 0.985. The topological polar surface area (TPSA) is 54.5 Å². The molecular formula is C19H21NO3S. The number of hydrogen-bond acceptors (Lipinski definition) is 3. The van der Waals surface area contributed by atoms with Crippen LogP contribution in [0.25, 0.3) is 0 Å².